The first-order chi connectivity index (χ1) is 15.2. The molecule has 7 nitrogen and oxygen atoms in total. The summed E-state index contributed by atoms with van der Waals surface area (Å²) in [6.45, 7) is 7.92. The highest BCUT2D eigenvalue weighted by Crippen LogP contribution is 2.32. The van der Waals surface area contributed by atoms with E-state index in [-0.39, 0.29) is 12.0 Å². The standard InChI is InChI=1S/C24H31N5O2/c1-18-21-5-3-2-4-19(21)8-11-29(18)24(30)20-6-9-27(10-7-20)22-16-23(26-17-25-22)28-12-14-31-15-13-28/h2-5,16-18,20H,6-15H2,1H3. The quantitative estimate of drug-likeness (QED) is 0.759. The van der Waals surface area contributed by atoms with Crippen molar-refractivity contribution in [2.75, 3.05) is 55.7 Å². The number of morpholine rings is 1. The summed E-state index contributed by atoms with van der Waals surface area (Å²) in [6, 6.07) is 10.8. The monoisotopic (exact) mass is 421 g/mol. The fourth-order valence-electron chi connectivity index (χ4n) is 5.14. The molecule has 1 aromatic heterocycles. The average Bonchev–Trinajstić information content (AvgIpc) is 2.85. The molecule has 2 fully saturated rings. The first-order valence-electron chi connectivity index (χ1n) is 11.5. The maximum absolute atomic E-state index is 13.3. The Morgan fingerprint density at radius 3 is 2.39 bits per heavy atom. The van der Waals surface area contributed by atoms with E-state index in [0.717, 1.165) is 76.8 Å². The van der Waals surface area contributed by atoms with Crippen LogP contribution in [-0.4, -0.2) is 66.7 Å². The normalized spacial score (nSPS) is 22.4. The van der Waals surface area contributed by atoms with Gasteiger partial charge in [-0.2, -0.15) is 0 Å². The van der Waals surface area contributed by atoms with Crippen LogP contribution in [-0.2, 0) is 16.0 Å². The van der Waals surface area contributed by atoms with Gasteiger partial charge < -0.3 is 19.4 Å². The second-order valence-corrected chi connectivity index (χ2v) is 8.75. The van der Waals surface area contributed by atoms with Gasteiger partial charge in [0, 0.05) is 44.7 Å². The number of aromatic nitrogens is 2. The lowest BCUT2D eigenvalue weighted by Gasteiger charge is -2.40. The molecule has 0 bridgehead atoms. The third-order valence-electron chi connectivity index (χ3n) is 7.02. The Morgan fingerprint density at radius 2 is 1.65 bits per heavy atom. The number of anilines is 2. The third kappa shape index (κ3) is 4.11. The van der Waals surface area contributed by atoms with Gasteiger partial charge in [-0.15, -0.1) is 0 Å². The summed E-state index contributed by atoms with van der Waals surface area (Å²) in [5.41, 5.74) is 2.69. The van der Waals surface area contributed by atoms with E-state index in [1.807, 2.05) is 0 Å². The van der Waals surface area contributed by atoms with E-state index in [1.165, 1.54) is 11.1 Å². The van der Waals surface area contributed by atoms with E-state index in [2.05, 4.69) is 61.9 Å². The van der Waals surface area contributed by atoms with Crippen molar-refractivity contribution in [3.05, 3.63) is 47.8 Å². The van der Waals surface area contributed by atoms with Gasteiger partial charge in [-0.1, -0.05) is 24.3 Å². The van der Waals surface area contributed by atoms with Crippen LogP contribution < -0.4 is 9.80 Å². The van der Waals surface area contributed by atoms with Crippen molar-refractivity contribution < 1.29 is 9.53 Å². The number of hydrogen-bond donors (Lipinski definition) is 0. The fraction of sp³-hybridized carbons (Fsp3) is 0.542. The highest BCUT2D eigenvalue weighted by atomic mass is 16.5. The molecule has 0 saturated carbocycles. The molecular weight excluding hydrogens is 390 g/mol. The van der Waals surface area contributed by atoms with Crippen LogP contribution in [0.2, 0.25) is 0 Å². The number of hydrogen-bond acceptors (Lipinski definition) is 6. The summed E-state index contributed by atoms with van der Waals surface area (Å²) in [6.07, 6.45) is 4.36. The first-order valence-corrected chi connectivity index (χ1v) is 11.5. The smallest absolute Gasteiger partial charge is 0.226 e. The lowest BCUT2D eigenvalue weighted by molar-refractivity contribution is -0.138. The third-order valence-corrected chi connectivity index (χ3v) is 7.02. The molecule has 2 aromatic rings. The number of ether oxygens (including phenoxy) is 1. The van der Waals surface area contributed by atoms with Crippen LogP contribution >= 0.6 is 0 Å². The molecular formula is C24H31N5O2. The second-order valence-electron chi connectivity index (χ2n) is 8.75. The van der Waals surface area contributed by atoms with E-state index in [0.29, 0.717) is 5.91 Å². The number of benzene rings is 1. The molecule has 2 saturated heterocycles. The van der Waals surface area contributed by atoms with Crippen LogP contribution in [0.3, 0.4) is 0 Å². The highest BCUT2D eigenvalue weighted by molar-refractivity contribution is 5.80. The topological polar surface area (TPSA) is 61.8 Å². The van der Waals surface area contributed by atoms with Crippen LogP contribution in [0.4, 0.5) is 11.6 Å². The maximum atomic E-state index is 13.3. The zero-order chi connectivity index (χ0) is 21.2. The predicted octanol–water partition coefficient (Wildman–Crippen LogP) is 2.68. The Balaban J connectivity index is 1.21. The number of fused-ring (bicyclic) bond motifs is 1. The zero-order valence-corrected chi connectivity index (χ0v) is 18.2. The Hall–Kier alpha value is -2.67. The van der Waals surface area contributed by atoms with Crippen molar-refractivity contribution in [2.45, 2.75) is 32.2 Å². The Morgan fingerprint density at radius 1 is 0.968 bits per heavy atom. The van der Waals surface area contributed by atoms with Gasteiger partial charge in [0.2, 0.25) is 5.91 Å². The van der Waals surface area contributed by atoms with Crippen molar-refractivity contribution >= 4 is 17.5 Å². The summed E-state index contributed by atoms with van der Waals surface area (Å²) < 4.78 is 5.45. The van der Waals surface area contributed by atoms with Gasteiger partial charge in [0.05, 0.1) is 19.3 Å². The molecule has 1 amide bonds. The molecule has 4 heterocycles. The van der Waals surface area contributed by atoms with E-state index >= 15 is 0 Å². The molecule has 1 aromatic carbocycles. The van der Waals surface area contributed by atoms with Crippen LogP contribution in [0, 0.1) is 5.92 Å². The van der Waals surface area contributed by atoms with Gasteiger partial charge in [0.1, 0.15) is 18.0 Å². The molecule has 7 heteroatoms. The van der Waals surface area contributed by atoms with E-state index < -0.39 is 0 Å². The minimum absolute atomic E-state index is 0.101. The van der Waals surface area contributed by atoms with Crippen LogP contribution in [0.1, 0.15) is 36.9 Å². The van der Waals surface area contributed by atoms with Gasteiger partial charge in [0.25, 0.3) is 0 Å². The average molecular weight is 422 g/mol. The fourth-order valence-corrected chi connectivity index (χ4v) is 5.14. The number of piperidine rings is 1. The molecule has 31 heavy (non-hydrogen) atoms. The Bertz CT molecular complexity index is 922. The number of nitrogens with zero attached hydrogens (tertiary/aromatic N) is 5. The molecule has 3 aliphatic heterocycles. The van der Waals surface area contributed by atoms with E-state index in [1.54, 1.807) is 6.33 Å². The summed E-state index contributed by atoms with van der Waals surface area (Å²) >= 11 is 0. The lowest BCUT2D eigenvalue weighted by Crippen LogP contribution is -2.46. The molecule has 3 aliphatic rings. The molecule has 1 unspecified atom stereocenters. The van der Waals surface area contributed by atoms with Gasteiger partial charge in [-0.3, -0.25) is 4.79 Å². The van der Waals surface area contributed by atoms with Crippen LogP contribution in [0.5, 0.6) is 0 Å². The van der Waals surface area contributed by atoms with Crippen molar-refractivity contribution in [3.63, 3.8) is 0 Å². The highest BCUT2D eigenvalue weighted by Gasteiger charge is 2.34. The van der Waals surface area contributed by atoms with Crippen molar-refractivity contribution in [1.29, 1.82) is 0 Å². The van der Waals surface area contributed by atoms with E-state index in [4.69, 9.17) is 4.74 Å². The van der Waals surface area contributed by atoms with Crippen LogP contribution in [0.25, 0.3) is 0 Å². The number of carbonyl (C=O) groups is 1. The van der Waals surface area contributed by atoms with E-state index in [9.17, 15) is 4.79 Å². The minimum Gasteiger partial charge on any atom is -0.378 e. The van der Waals surface area contributed by atoms with Crippen LogP contribution in [0.15, 0.2) is 36.7 Å². The molecule has 5 rings (SSSR count). The summed E-state index contributed by atoms with van der Waals surface area (Å²) in [7, 11) is 0. The molecule has 1 atom stereocenters. The van der Waals surface area contributed by atoms with Crippen molar-refractivity contribution in [3.8, 4) is 0 Å². The molecule has 0 aliphatic carbocycles. The maximum Gasteiger partial charge on any atom is 0.226 e. The summed E-state index contributed by atoms with van der Waals surface area (Å²) in [5, 5.41) is 0. The summed E-state index contributed by atoms with van der Waals surface area (Å²) in [4.78, 5) is 29.0. The lowest BCUT2D eigenvalue weighted by atomic mass is 9.90. The number of carbonyl (C=O) groups excluding carboxylic acids is 1. The van der Waals surface area contributed by atoms with Crippen molar-refractivity contribution in [1.82, 2.24) is 14.9 Å². The molecule has 164 valence electrons. The Kier molecular flexibility index (Phi) is 5.76. The molecule has 0 spiro atoms. The van der Waals surface area contributed by atoms with Gasteiger partial charge in [-0.05, 0) is 37.3 Å². The van der Waals surface area contributed by atoms with Crippen molar-refractivity contribution in [2.24, 2.45) is 5.92 Å². The predicted molar refractivity (Wildman–Crippen MR) is 120 cm³/mol. The largest absolute Gasteiger partial charge is 0.378 e. The summed E-state index contributed by atoms with van der Waals surface area (Å²) in [5.74, 6) is 2.35. The SMILES string of the molecule is CC1c2ccccc2CCN1C(=O)C1CCN(c2cc(N3CCOCC3)ncn2)CC1. The zero-order valence-electron chi connectivity index (χ0n) is 18.2. The van der Waals surface area contributed by atoms with Gasteiger partial charge in [0.15, 0.2) is 0 Å². The Labute approximate surface area is 184 Å². The molecule has 0 N–H and O–H groups in total. The van der Waals surface area contributed by atoms with Gasteiger partial charge >= 0.3 is 0 Å². The second kappa shape index (κ2) is 8.83. The number of amides is 1. The first kappa shape index (κ1) is 20.2. The number of rotatable bonds is 3. The molecule has 0 radical (unpaired) electrons. The minimum atomic E-state index is 0.101. The van der Waals surface area contributed by atoms with Gasteiger partial charge in [-0.25, -0.2) is 9.97 Å².